The molecule has 0 radical (unpaired) electrons. The lowest BCUT2D eigenvalue weighted by molar-refractivity contribution is 0.458. The molecule has 0 amide bonds. The molecule has 20 heavy (non-hydrogen) atoms. The summed E-state index contributed by atoms with van der Waals surface area (Å²) in [6.07, 6.45) is 2.15. The highest BCUT2D eigenvalue weighted by Gasteiger charge is 2.16. The van der Waals surface area contributed by atoms with Crippen LogP contribution < -0.4 is 11.1 Å². The van der Waals surface area contributed by atoms with Crippen molar-refractivity contribution >= 4 is 5.69 Å². The summed E-state index contributed by atoms with van der Waals surface area (Å²) in [5, 5.41) is 3.34. The molecule has 3 rings (SSSR count). The van der Waals surface area contributed by atoms with Crippen LogP contribution in [-0.4, -0.2) is 13.1 Å². The Balaban J connectivity index is 1.95. The monoisotopic (exact) mass is 270 g/mol. The SMILES string of the molecule is Nc1ccc(-c2cc(F)cc(C3CCNCC3)c2)cc1. The smallest absolute Gasteiger partial charge is 0.124 e. The molecule has 0 aliphatic carbocycles. The summed E-state index contributed by atoms with van der Waals surface area (Å²) < 4.78 is 13.9. The second kappa shape index (κ2) is 5.63. The number of piperidine rings is 1. The van der Waals surface area contributed by atoms with Crippen LogP contribution in [0.15, 0.2) is 42.5 Å². The van der Waals surface area contributed by atoms with Gasteiger partial charge in [-0.1, -0.05) is 18.2 Å². The summed E-state index contributed by atoms with van der Waals surface area (Å²) in [7, 11) is 0. The Bertz CT molecular complexity index is 586. The van der Waals surface area contributed by atoms with E-state index in [1.807, 2.05) is 24.3 Å². The zero-order valence-electron chi connectivity index (χ0n) is 11.4. The van der Waals surface area contributed by atoms with Crippen LogP contribution in [0, 0.1) is 5.82 Å². The summed E-state index contributed by atoms with van der Waals surface area (Å²) in [6, 6.07) is 13.0. The third-order valence-corrected chi connectivity index (χ3v) is 3.97. The number of nitrogen functional groups attached to an aromatic ring is 1. The van der Waals surface area contributed by atoms with E-state index in [0.29, 0.717) is 5.92 Å². The van der Waals surface area contributed by atoms with Crippen molar-refractivity contribution in [1.82, 2.24) is 5.32 Å². The maximum absolute atomic E-state index is 13.9. The molecule has 2 aromatic rings. The molecule has 1 aliphatic rings. The first-order valence-electron chi connectivity index (χ1n) is 7.09. The molecular formula is C17H19FN2. The highest BCUT2D eigenvalue weighted by Crippen LogP contribution is 2.30. The Labute approximate surface area is 118 Å². The maximum Gasteiger partial charge on any atom is 0.124 e. The van der Waals surface area contributed by atoms with Gasteiger partial charge in [0.05, 0.1) is 0 Å². The number of anilines is 1. The Morgan fingerprint density at radius 1 is 0.950 bits per heavy atom. The van der Waals surface area contributed by atoms with Gasteiger partial charge in [0, 0.05) is 5.69 Å². The Morgan fingerprint density at radius 3 is 2.35 bits per heavy atom. The van der Waals surface area contributed by atoms with Gasteiger partial charge in [0.1, 0.15) is 5.82 Å². The van der Waals surface area contributed by atoms with Gasteiger partial charge in [-0.25, -0.2) is 4.39 Å². The highest BCUT2D eigenvalue weighted by atomic mass is 19.1. The summed E-state index contributed by atoms with van der Waals surface area (Å²) >= 11 is 0. The van der Waals surface area contributed by atoms with Crippen molar-refractivity contribution in [2.45, 2.75) is 18.8 Å². The second-order valence-corrected chi connectivity index (χ2v) is 5.42. The molecule has 3 N–H and O–H groups in total. The van der Waals surface area contributed by atoms with Gasteiger partial charge in [-0.2, -0.15) is 0 Å². The van der Waals surface area contributed by atoms with Crippen molar-refractivity contribution in [3.05, 3.63) is 53.8 Å². The van der Waals surface area contributed by atoms with Crippen LogP contribution in [0.3, 0.4) is 0 Å². The van der Waals surface area contributed by atoms with Crippen LogP contribution in [0.25, 0.3) is 11.1 Å². The maximum atomic E-state index is 13.9. The van der Waals surface area contributed by atoms with Gasteiger partial charge in [0.2, 0.25) is 0 Å². The molecule has 1 fully saturated rings. The molecule has 0 unspecified atom stereocenters. The summed E-state index contributed by atoms with van der Waals surface area (Å²) in [5.74, 6) is 0.298. The van der Waals surface area contributed by atoms with Crippen LogP contribution in [0.2, 0.25) is 0 Å². The molecule has 104 valence electrons. The first kappa shape index (κ1) is 13.1. The topological polar surface area (TPSA) is 38.0 Å². The Hall–Kier alpha value is -1.87. The van der Waals surface area contributed by atoms with Crippen LogP contribution in [0.4, 0.5) is 10.1 Å². The van der Waals surface area contributed by atoms with E-state index in [-0.39, 0.29) is 5.82 Å². The van der Waals surface area contributed by atoms with Gasteiger partial charge >= 0.3 is 0 Å². The summed E-state index contributed by atoms with van der Waals surface area (Å²) in [6.45, 7) is 2.02. The number of nitrogens with two attached hydrogens (primary N) is 1. The van der Waals surface area contributed by atoms with Gasteiger partial charge in [0.15, 0.2) is 0 Å². The van der Waals surface area contributed by atoms with Gasteiger partial charge in [-0.05, 0) is 72.8 Å². The number of hydrogen-bond acceptors (Lipinski definition) is 2. The summed E-state index contributed by atoms with van der Waals surface area (Å²) in [5.41, 5.74) is 9.47. The van der Waals surface area contributed by atoms with Crippen molar-refractivity contribution in [1.29, 1.82) is 0 Å². The average molecular weight is 270 g/mol. The minimum atomic E-state index is -0.159. The van der Waals surface area contributed by atoms with Crippen LogP contribution in [0.1, 0.15) is 24.3 Å². The van der Waals surface area contributed by atoms with E-state index in [4.69, 9.17) is 5.73 Å². The van der Waals surface area contributed by atoms with Gasteiger partial charge in [0.25, 0.3) is 0 Å². The van der Waals surface area contributed by atoms with Crippen LogP contribution in [0.5, 0.6) is 0 Å². The van der Waals surface area contributed by atoms with E-state index < -0.39 is 0 Å². The zero-order chi connectivity index (χ0) is 13.9. The number of benzene rings is 2. The molecule has 0 spiro atoms. The van der Waals surface area contributed by atoms with Gasteiger partial charge in [-0.3, -0.25) is 0 Å². The van der Waals surface area contributed by atoms with Crippen molar-refractivity contribution in [2.24, 2.45) is 0 Å². The number of hydrogen-bond donors (Lipinski definition) is 2. The molecule has 0 bridgehead atoms. The third kappa shape index (κ3) is 2.83. The van der Waals surface area contributed by atoms with Gasteiger partial charge in [-0.15, -0.1) is 0 Å². The van der Waals surface area contributed by atoms with E-state index in [1.165, 1.54) is 0 Å². The van der Waals surface area contributed by atoms with E-state index in [0.717, 1.165) is 48.3 Å². The number of nitrogens with one attached hydrogen (secondary N) is 1. The fourth-order valence-corrected chi connectivity index (χ4v) is 2.85. The Kier molecular flexibility index (Phi) is 3.70. The van der Waals surface area contributed by atoms with Crippen molar-refractivity contribution < 1.29 is 4.39 Å². The minimum Gasteiger partial charge on any atom is -0.399 e. The molecule has 0 aromatic heterocycles. The Morgan fingerprint density at radius 2 is 1.65 bits per heavy atom. The highest BCUT2D eigenvalue weighted by molar-refractivity contribution is 5.66. The standard InChI is InChI=1S/C17H19FN2/c18-16-10-14(12-1-3-17(19)4-2-12)9-15(11-16)13-5-7-20-8-6-13/h1-4,9-11,13,20H,5-8,19H2. The van der Waals surface area contributed by atoms with Crippen LogP contribution in [-0.2, 0) is 0 Å². The van der Waals surface area contributed by atoms with Crippen molar-refractivity contribution in [3.63, 3.8) is 0 Å². The fourth-order valence-electron chi connectivity index (χ4n) is 2.85. The third-order valence-electron chi connectivity index (χ3n) is 3.97. The van der Waals surface area contributed by atoms with E-state index in [1.54, 1.807) is 12.1 Å². The molecule has 0 atom stereocenters. The molecule has 0 saturated carbocycles. The lowest BCUT2D eigenvalue weighted by Crippen LogP contribution is -2.26. The first-order chi connectivity index (χ1) is 9.72. The van der Waals surface area contributed by atoms with Crippen molar-refractivity contribution in [3.8, 4) is 11.1 Å². The van der Waals surface area contributed by atoms with Gasteiger partial charge < -0.3 is 11.1 Å². The quantitative estimate of drug-likeness (QED) is 0.819. The average Bonchev–Trinajstić information content (AvgIpc) is 2.48. The molecule has 3 heteroatoms. The predicted molar refractivity (Wildman–Crippen MR) is 81.1 cm³/mol. The van der Waals surface area contributed by atoms with Crippen molar-refractivity contribution in [2.75, 3.05) is 18.8 Å². The second-order valence-electron chi connectivity index (χ2n) is 5.42. The molecular weight excluding hydrogens is 251 g/mol. The summed E-state index contributed by atoms with van der Waals surface area (Å²) in [4.78, 5) is 0. The molecule has 1 saturated heterocycles. The molecule has 1 heterocycles. The molecule has 2 nitrogen and oxygen atoms in total. The zero-order valence-corrected chi connectivity index (χ0v) is 11.4. The fraction of sp³-hybridized carbons (Fsp3) is 0.294. The first-order valence-corrected chi connectivity index (χ1v) is 7.09. The van der Waals surface area contributed by atoms with E-state index >= 15 is 0 Å². The predicted octanol–water partition coefficient (Wildman–Crippen LogP) is 3.54. The number of halogens is 1. The normalized spacial score (nSPS) is 16.2. The van der Waals surface area contributed by atoms with Crippen LogP contribution >= 0.6 is 0 Å². The van der Waals surface area contributed by atoms with E-state index in [2.05, 4.69) is 11.4 Å². The lowest BCUT2D eigenvalue weighted by atomic mass is 9.88. The lowest BCUT2D eigenvalue weighted by Gasteiger charge is -2.23. The van der Waals surface area contributed by atoms with E-state index in [9.17, 15) is 4.39 Å². The molecule has 1 aliphatic heterocycles. The number of rotatable bonds is 2. The molecule has 2 aromatic carbocycles. The largest absolute Gasteiger partial charge is 0.399 e. The minimum absolute atomic E-state index is 0.159.